The molecule has 1 aliphatic carbocycles. The Balaban J connectivity index is 0.00000264. The van der Waals surface area contributed by atoms with Gasteiger partial charge in [0, 0.05) is 24.0 Å². The summed E-state index contributed by atoms with van der Waals surface area (Å²) in [6.45, 7) is 1.95. The highest BCUT2D eigenvalue weighted by atomic mass is 79.9. The quantitative estimate of drug-likeness (QED) is 0.652. The molecule has 0 bridgehead atoms. The molecule has 5 nitrogen and oxygen atoms in total. The molecule has 1 aromatic rings. The Morgan fingerprint density at radius 3 is 2.43 bits per heavy atom. The zero-order valence-corrected chi connectivity index (χ0v) is 15.5. The van der Waals surface area contributed by atoms with E-state index in [1.54, 1.807) is 0 Å². The first-order valence-corrected chi connectivity index (χ1v) is 8.30. The molecule has 4 N–H and O–H groups in total. The van der Waals surface area contributed by atoms with Crippen molar-refractivity contribution in [2.24, 2.45) is 11.7 Å². The number of rotatable bonds is 7. The average molecular weight is 405 g/mol. The lowest BCUT2D eigenvalue weighted by molar-refractivity contribution is -0.122. The Bertz CT molecular complexity index is 535. The standard InChI is InChI=1S/C16H22BrN3O2.ClH/c1-10(21)20-15(12-4-6-13(17)7-5-12)8-16(22)19-9-14(18)11-2-3-11;/h4-7,11,14-15H,2-3,8-9,18H2,1H3,(H,19,22)(H,20,21);1H. The van der Waals surface area contributed by atoms with Gasteiger partial charge in [-0.05, 0) is 36.5 Å². The smallest absolute Gasteiger partial charge is 0.222 e. The normalized spacial score (nSPS) is 16.0. The highest BCUT2D eigenvalue weighted by molar-refractivity contribution is 9.10. The minimum Gasteiger partial charge on any atom is -0.354 e. The van der Waals surface area contributed by atoms with Crippen LogP contribution in [0.15, 0.2) is 28.7 Å². The molecule has 1 aromatic carbocycles. The highest BCUT2D eigenvalue weighted by Gasteiger charge is 2.28. The number of hydrogen-bond acceptors (Lipinski definition) is 3. The van der Waals surface area contributed by atoms with E-state index in [4.69, 9.17) is 5.73 Å². The number of benzene rings is 1. The number of halogens is 2. The van der Waals surface area contributed by atoms with Gasteiger partial charge in [0.25, 0.3) is 0 Å². The molecular weight excluding hydrogens is 382 g/mol. The van der Waals surface area contributed by atoms with Crippen molar-refractivity contribution < 1.29 is 9.59 Å². The molecule has 2 atom stereocenters. The minimum absolute atomic E-state index is 0. The third-order valence-electron chi connectivity index (χ3n) is 3.80. The first kappa shape index (κ1) is 19.9. The summed E-state index contributed by atoms with van der Waals surface area (Å²) in [6.07, 6.45) is 2.52. The summed E-state index contributed by atoms with van der Waals surface area (Å²) < 4.78 is 0.956. The van der Waals surface area contributed by atoms with Gasteiger partial charge in [-0.3, -0.25) is 9.59 Å². The maximum absolute atomic E-state index is 12.1. The van der Waals surface area contributed by atoms with Gasteiger partial charge in [-0.25, -0.2) is 0 Å². The van der Waals surface area contributed by atoms with Crippen LogP contribution in [0.25, 0.3) is 0 Å². The van der Waals surface area contributed by atoms with Crippen LogP contribution in [0.1, 0.15) is 37.8 Å². The summed E-state index contributed by atoms with van der Waals surface area (Å²) in [6, 6.07) is 7.29. The number of hydrogen-bond donors (Lipinski definition) is 3. The SMILES string of the molecule is CC(=O)NC(CC(=O)NCC(N)C1CC1)c1ccc(Br)cc1.Cl. The monoisotopic (exact) mass is 403 g/mol. The summed E-state index contributed by atoms with van der Waals surface area (Å²) in [7, 11) is 0. The van der Waals surface area contributed by atoms with Gasteiger partial charge in [0.15, 0.2) is 0 Å². The third-order valence-corrected chi connectivity index (χ3v) is 4.33. The maximum atomic E-state index is 12.1. The summed E-state index contributed by atoms with van der Waals surface area (Å²) >= 11 is 3.38. The average Bonchev–Trinajstić information content (AvgIpc) is 3.29. The Kier molecular flexibility index (Phi) is 8.02. The molecule has 7 heteroatoms. The van der Waals surface area contributed by atoms with Gasteiger partial charge in [0.2, 0.25) is 11.8 Å². The lowest BCUT2D eigenvalue weighted by atomic mass is 10.0. The fraction of sp³-hybridized carbons (Fsp3) is 0.500. The molecular formula is C16H23BrClN3O2. The highest BCUT2D eigenvalue weighted by Crippen LogP contribution is 2.31. The van der Waals surface area contributed by atoms with Gasteiger partial charge < -0.3 is 16.4 Å². The van der Waals surface area contributed by atoms with Crippen LogP contribution in [0.5, 0.6) is 0 Å². The lowest BCUT2D eigenvalue weighted by Gasteiger charge is -2.19. The molecule has 0 radical (unpaired) electrons. The summed E-state index contributed by atoms with van der Waals surface area (Å²) in [5, 5.41) is 5.69. The van der Waals surface area contributed by atoms with Gasteiger partial charge >= 0.3 is 0 Å². The fourth-order valence-electron chi connectivity index (χ4n) is 2.37. The van der Waals surface area contributed by atoms with Crippen LogP contribution >= 0.6 is 28.3 Å². The predicted octanol–water partition coefficient (Wildman–Crippen LogP) is 2.29. The second-order valence-electron chi connectivity index (χ2n) is 5.81. The Hall–Kier alpha value is -1.11. The van der Waals surface area contributed by atoms with Crippen LogP contribution in [-0.4, -0.2) is 24.4 Å². The third kappa shape index (κ3) is 6.89. The number of amides is 2. The van der Waals surface area contributed by atoms with Crippen LogP contribution < -0.4 is 16.4 Å². The molecule has 2 amide bonds. The molecule has 23 heavy (non-hydrogen) atoms. The van der Waals surface area contributed by atoms with Gasteiger partial charge in [0.1, 0.15) is 0 Å². The first-order chi connectivity index (χ1) is 10.5. The number of carbonyl (C=O) groups excluding carboxylic acids is 2. The zero-order chi connectivity index (χ0) is 16.1. The van der Waals surface area contributed by atoms with E-state index in [0.717, 1.165) is 22.9 Å². The second-order valence-corrected chi connectivity index (χ2v) is 6.73. The molecule has 0 aromatic heterocycles. The van der Waals surface area contributed by atoms with Crippen LogP contribution in [0.3, 0.4) is 0 Å². The molecule has 0 aliphatic heterocycles. The van der Waals surface area contributed by atoms with Crippen molar-refractivity contribution in [3.8, 4) is 0 Å². The van der Waals surface area contributed by atoms with E-state index in [-0.39, 0.29) is 42.7 Å². The van der Waals surface area contributed by atoms with E-state index in [2.05, 4.69) is 26.6 Å². The molecule has 1 saturated carbocycles. The van der Waals surface area contributed by atoms with Crippen LogP contribution in [0, 0.1) is 5.92 Å². The topological polar surface area (TPSA) is 84.2 Å². The number of nitrogens with one attached hydrogen (secondary N) is 2. The van der Waals surface area contributed by atoms with Gasteiger partial charge in [-0.15, -0.1) is 12.4 Å². The molecule has 0 spiro atoms. The van der Waals surface area contributed by atoms with Crippen molar-refractivity contribution in [1.82, 2.24) is 10.6 Å². The first-order valence-electron chi connectivity index (χ1n) is 7.50. The molecule has 1 aliphatic rings. The number of carbonyl (C=O) groups is 2. The fourth-order valence-corrected chi connectivity index (χ4v) is 2.64. The summed E-state index contributed by atoms with van der Waals surface area (Å²) in [5.41, 5.74) is 6.88. The molecule has 128 valence electrons. The van der Waals surface area contributed by atoms with Crippen LogP contribution in [0.4, 0.5) is 0 Å². The summed E-state index contributed by atoms with van der Waals surface area (Å²) in [5.74, 6) is 0.297. The zero-order valence-electron chi connectivity index (χ0n) is 13.0. The summed E-state index contributed by atoms with van der Waals surface area (Å²) in [4.78, 5) is 23.5. The molecule has 1 fully saturated rings. The van der Waals surface area contributed by atoms with Crippen LogP contribution in [0.2, 0.25) is 0 Å². The lowest BCUT2D eigenvalue weighted by Crippen LogP contribution is -2.40. The molecule has 0 saturated heterocycles. The van der Waals surface area contributed by atoms with Crippen molar-refractivity contribution in [3.05, 3.63) is 34.3 Å². The van der Waals surface area contributed by atoms with E-state index in [9.17, 15) is 9.59 Å². The Labute approximate surface area is 151 Å². The van der Waals surface area contributed by atoms with Crippen molar-refractivity contribution in [2.75, 3.05) is 6.54 Å². The van der Waals surface area contributed by atoms with Gasteiger partial charge in [0.05, 0.1) is 12.5 Å². The van der Waals surface area contributed by atoms with E-state index >= 15 is 0 Å². The van der Waals surface area contributed by atoms with Gasteiger partial charge in [-0.2, -0.15) is 0 Å². The molecule has 0 heterocycles. The number of nitrogens with two attached hydrogens (primary N) is 1. The molecule has 2 unspecified atom stereocenters. The van der Waals surface area contributed by atoms with Crippen molar-refractivity contribution >= 4 is 40.2 Å². The maximum Gasteiger partial charge on any atom is 0.222 e. The van der Waals surface area contributed by atoms with Gasteiger partial charge in [-0.1, -0.05) is 28.1 Å². The van der Waals surface area contributed by atoms with Crippen molar-refractivity contribution in [1.29, 1.82) is 0 Å². The largest absolute Gasteiger partial charge is 0.354 e. The van der Waals surface area contributed by atoms with E-state index in [1.807, 2.05) is 24.3 Å². The molecule has 2 rings (SSSR count). The Morgan fingerprint density at radius 2 is 1.91 bits per heavy atom. The minimum atomic E-state index is -0.331. The van der Waals surface area contributed by atoms with E-state index in [0.29, 0.717) is 12.5 Å². The second kappa shape index (κ2) is 9.25. The predicted molar refractivity (Wildman–Crippen MR) is 96.3 cm³/mol. The Morgan fingerprint density at radius 1 is 1.30 bits per heavy atom. The van der Waals surface area contributed by atoms with Crippen LogP contribution in [-0.2, 0) is 9.59 Å². The van der Waals surface area contributed by atoms with E-state index < -0.39 is 0 Å². The van der Waals surface area contributed by atoms with Crippen molar-refractivity contribution in [2.45, 2.75) is 38.3 Å². The van der Waals surface area contributed by atoms with E-state index in [1.165, 1.54) is 6.92 Å². The van der Waals surface area contributed by atoms with Crippen molar-refractivity contribution in [3.63, 3.8) is 0 Å².